The zero-order valence-corrected chi connectivity index (χ0v) is 28.0. The van der Waals surface area contributed by atoms with Gasteiger partial charge in [-0.05, 0) is 78.5 Å². The number of nitrogens with two attached hydrogens (primary N) is 1. The van der Waals surface area contributed by atoms with Crippen molar-refractivity contribution in [1.82, 2.24) is 0 Å². The largest absolute Gasteiger partial charge is 0.487 e. The van der Waals surface area contributed by atoms with Gasteiger partial charge in [0.15, 0.2) is 5.69 Å². The van der Waals surface area contributed by atoms with E-state index in [2.05, 4.69) is 138 Å². The second-order valence-electron chi connectivity index (χ2n) is 12.6. The molecule has 0 heterocycles. The number of rotatable bonds is 8. The Morgan fingerprint density at radius 1 is 0.431 bits per heavy atom. The van der Waals surface area contributed by atoms with Gasteiger partial charge >= 0.3 is 0 Å². The van der Waals surface area contributed by atoms with E-state index in [1.54, 1.807) is 0 Å². The van der Waals surface area contributed by atoms with Gasteiger partial charge in [-0.15, -0.1) is 0 Å². The van der Waals surface area contributed by atoms with Crippen LogP contribution in [0.3, 0.4) is 0 Å². The third-order valence-electron chi connectivity index (χ3n) is 9.44. The van der Waals surface area contributed by atoms with Crippen molar-refractivity contribution in [3.05, 3.63) is 199 Å². The molecule has 0 aromatic heterocycles. The molecule has 0 aliphatic heterocycles. The number of benzene rings is 8. The molecule has 0 radical (unpaired) electrons. The van der Waals surface area contributed by atoms with E-state index >= 15 is 0 Å². The molecule has 0 aliphatic carbocycles. The van der Waals surface area contributed by atoms with Gasteiger partial charge in [-0.2, -0.15) is 0 Å². The number of fused-ring (bicyclic) bond motifs is 1. The van der Waals surface area contributed by atoms with Gasteiger partial charge in [-0.1, -0.05) is 170 Å². The Balaban J connectivity index is 1.15. The summed E-state index contributed by atoms with van der Waals surface area (Å²) in [4.78, 5) is 3.52. The standard InChI is InChI=1S/C48H34N2O/c1-50-41-26-24-37(25-27-41)36-20-22-39(23-21-36)42-28-29-43(45-15-9-8-14-44(42)45)40-30-46(38-12-6-3-7-13-38)48(49)47(31-40)51-32-33-16-18-35(19-17-33)34-10-4-2-5-11-34/h2-31H,32,49H2. The zero-order valence-electron chi connectivity index (χ0n) is 28.0. The SMILES string of the molecule is [C-]#[N+]c1ccc(-c2ccc(-c3ccc(-c4cc(OCc5ccc(-c6ccccc6)cc5)c(N)c(-c5ccccc5)c4)c4ccccc34)cc2)cc1. The Bertz CT molecular complexity index is 2500. The molecule has 0 amide bonds. The Kier molecular flexibility index (Phi) is 8.56. The predicted molar refractivity (Wildman–Crippen MR) is 213 cm³/mol. The highest BCUT2D eigenvalue weighted by Crippen LogP contribution is 2.42. The van der Waals surface area contributed by atoms with E-state index in [0.717, 1.165) is 49.9 Å². The van der Waals surface area contributed by atoms with E-state index in [1.165, 1.54) is 22.1 Å². The van der Waals surface area contributed by atoms with E-state index < -0.39 is 0 Å². The first kappa shape index (κ1) is 31.4. The van der Waals surface area contributed by atoms with Crippen LogP contribution in [0, 0.1) is 6.57 Å². The van der Waals surface area contributed by atoms with Crippen LogP contribution in [0.2, 0.25) is 0 Å². The summed E-state index contributed by atoms with van der Waals surface area (Å²) in [6, 6.07) is 62.8. The molecule has 3 heteroatoms. The van der Waals surface area contributed by atoms with Crippen molar-refractivity contribution in [1.29, 1.82) is 0 Å². The number of ether oxygens (including phenoxy) is 1. The average Bonchev–Trinajstić information content (AvgIpc) is 3.21. The number of hydrogen-bond acceptors (Lipinski definition) is 2. The highest BCUT2D eigenvalue weighted by atomic mass is 16.5. The fourth-order valence-corrected chi connectivity index (χ4v) is 6.72. The van der Waals surface area contributed by atoms with Gasteiger partial charge in [-0.25, -0.2) is 4.85 Å². The molecule has 3 nitrogen and oxygen atoms in total. The Morgan fingerprint density at radius 2 is 0.882 bits per heavy atom. The van der Waals surface area contributed by atoms with Crippen LogP contribution >= 0.6 is 0 Å². The summed E-state index contributed by atoms with van der Waals surface area (Å²) in [6.07, 6.45) is 0. The van der Waals surface area contributed by atoms with Crippen LogP contribution in [0.15, 0.2) is 182 Å². The minimum atomic E-state index is 0.399. The summed E-state index contributed by atoms with van der Waals surface area (Å²) in [7, 11) is 0. The molecule has 0 bridgehead atoms. The lowest BCUT2D eigenvalue weighted by molar-refractivity contribution is 0.308. The molecule has 0 unspecified atom stereocenters. The summed E-state index contributed by atoms with van der Waals surface area (Å²) in [5.74, 6) is 0.659. The second kappa shape index (κ2) is 13.9. The van der Waals surface area contributed by atoms with Crippen molar-refractivity contribution in [2.75, 3.05) is 5.73 Å². The van der Waals surface area contributed by atoms with Crippen LogP contribution in [0.5, 0.6) is 5.75 Å². The molecule has 8 aromatic rings. The summed E-state index contributed by atoms with van der Waals surface area (Å²) >= 11 is 0. The van der Waals surface area contributed by atoms with Crippen molar-refractivity contribution in [3.8, 4) is 61.4 Å². The monoisotopic (exact) mass is 654 g/mol. The van der Waals surface area contributed by atoms with Crippen molar-refractivity contribution >= 4 is 22.1 Å². The fourth-order valence-electron chi connectivity index (χ4n) is 6.72. The van der Waals surface area contributed by atoms with Gasteiger partial charge in [0.2, 0.25) is 0 Å². The summed E-state index contributed by atoms with van der Waals surface area (Å²) in [5, 5.41) is 2.32. The molecule has 0 atom stereocenters. The molecular weight excluding hydrogens is 621 g/mol. The summed E-state index contributed by atoms with van der Waals surface area (Å²) < 4.78 is 6.52. The average molecular weight is 655 g/mol. The van der Waals surface area contributed by atoms with Crippen molar-refractivity contribution in [2.45, 2.75) is 6.61 Å². The molecule has 2 N–H and O–H groups in total. The first-order chi connectivity index (χ1) is 25.1. The highest BCUT2D eigenvalue weighted by molar-refractivity contribution is 6.06. The van der Waals surface area contributed by atoms with Crippen molar-refractivity contribution < 1.29 is 4.74 Å². The van der Waals surface area contributed by atoms with E-state index in [9.17, 15) is 0 Å². The van der Waals surface area contributed by atoms with E-state index in [0.29, 0.717) is 23.7 Å². The van der Waals surface area contributed by atoms with Crippen LogP contribution < -0.4 is 10.5 Å². The third-order valence-corrected chi connectivity index (χ3v) is 9.44. The van der Waals surface area contributed by atoms with Crippen LogP contribution in [0.1, 0.15) is 5.56 Å². The predicted octanol–water partition coefficient (Wildman–Crippen LogP) is 12.9. The lowest BCUT2D eigenvalue weighted by Crippen LogP contribution is -2.01. The Hall–Kier alpha value is -6.89. The smallest absolute Gasteiger partial charge is 0.187 e. The van der Waals surface area contributed by atoms with Crippen LogP contribution in [0.25, 0.3) is 71.3 Å². The second-order valence-corrected chi connectivity index (χ2v) is 12.6. The first-order valence-corrected chi connectivity index (χ1v) is 17.0. The maximum atomic E-state index is 7.24. The maximum absolute atomic E-state index is 7.24. The van der Waals surface area contributed by atoms with E-state index in [-0.39, 0.29) is 0 Å². The van der Waals surface area contributed by atoms with Gasteiger partial charge < -0.3 is 10.5 Å². The maximum Gasteiger partial charge on any atom is 0.187 e. The number of hydrogen-bond donors (Lipinski definition) is 1. The topological polar surface area (TPSA) is 39.6 Å². The first-order valence-electron chi connectivity index (χ1n) is 17.0. The molecule has 242 valence electrons. The van der Waals surface area contributed by atoms with E-state index in [4.69, 9.17) is 17.0 Å². The third kappa shape index (κ3) is 6.47. The summed E-state index contributed by atoms with van der Waals surface area (Å²) in [5.41, 5.74) is 20.2. The van der Waals surface area contributed by atoms with Gasteiger partial charge in [-0.3, -0.25) is 0 Å². The minimum absolute atomic E-state index is 0.399. The molecular formula is C48H34N2O. The molecule has 51 heavy (non-hydrogen) atoms. The zero-order chi connectivity index (χ0) is 34.6. The lowest BCUT2D eigenvalue weighted by atomic mass is 9.90. The van der Waals surface area contributed by atoms with Gasteiger partial charge in [0, 0.05) is 5.56 Å². The molecule has 0 fully saturated rings. The molecule has 0 aliphatic rings. The Labute approximate surface area is 298 Å². The lowest BCUT2D eigenvalue weighted by Gasteiger charge is -2.18. The fraction of sp³-hybridized carbons (Fsp3) is 0.0208. The van der Waals surface area contributed by atoms with Crippen LogP contribution in [0.4, 0.5) is 11.4 Å². The summed E-state index contributed by atoms with van der Waals surface area (Å²) in [6.45, 7) is 7.64. The highest BCUT2D eigenvalue weighted by Gasteiger charge is 2.16. The quantitative estimate of drug-likeness (QED) is 0.131. The molecule has 8 rings (SSSR count). The van der Waals surface area contributed by atoms with Crippen LogP contribution in [-0.2, 0) is 6.61 Å². The van der Waals surface area contributed by atoms with Gasteiger partial charge in [0.1, 0.15) is 12.4 Å². The number of nitrogen functional groups attached to an aromatic ring is 1. The number of nitrogens with zero attached hydrogens (tertiary/aromatic N) is 1. The molecule has 0 spiro atoms. The molecule has 0 saturated carbocycles. The minimum Gasteiger partial charge on any atom is -0.487 e. The molecule has 0 saturated heterocycles. The van der Waals surface area contributed by atoms with Crippen molar-refractivity contribution in [2.24, 2.45) is 0 Å². The van der Waals surface area contributed by atoms with E-state index in [1.807, 2.05) is 48.5 Å². The number of anilines is 1. The molecule has 8 aromatic carbocycles. The van der Waals surface area contributed by atoms with Crippen LogP contribution in [-0.4, -0.2) is 0 Å². The van der Waals surface area contributed by atoms with Gasteiger partial charge in [0.05, 0.1) is 12.3 Å². The van der Waals surface area contributed by atoms with Gasteiger partial charge in [0.25, 0.3) is 0 Å². The van der Waals surface area contributed by atoms with Crippen molar-refractivity contribution in [3.63, 3.8) is 0 Å². The Morgan fingerprint density at radius 3 is 1.47 bits per heavy atom. The normalized spacial score (nSPS) is 10.9.